The maximum Gasteiger partial charge on any atom is 0.247 e. The Morgan fingerprint density at radius 2 is 2.00 bits per heavy atom. The van der Waals surface area contributed by atoms with E-state index < -0.39 is 18.2 Å². The van der Waals surface area contributed by atoms with Gasteiger partial charge in [-0.2, -0.15) is 0 Å². The van der Waals surface area contributed by atoms with Crippen LogP contribution in [0, 0.1) is 9.49 Å². The maximum atomic E-state index is 13.2. The third kappa shape index (κ3) is 7.33. The molecule has 2 aliphatic rings. The summed E-state index contributed by atoms with van der Waals surface area (Å²) in [7, 11) is 1.49. The fourth-order valence-electron chi connectivity index (χ4n) is 4.37. The summed E-state index contributed by atoms with van der Waals surface area (Å²) in [6.45, 7) is 2.33. The number of rotatable bonds is 13. The number of methoxy groups -OCH3 is 1. The molecule has 1 aromatic carbocycles. The van der Waals surface area contributed by atoms with Crippen molar-refractivity contribution in [2.75, 3.05) is 26.8 Å². The van der Waals surface area contributed by atoms with Crippen LogP contribution < -0.4 is 14.8 Å². The van der Waals surface area contributed by atoms with E-state index >= 15 is 0 Å². The Balaban J connectivity index is 1.95. The zero-order chi connectivity index (χ0) is 26.2. The molecule has 1 saturated carbocycles. The molecule has 1 fully saturated rings. The van der Waals surface area contributed by atoms with Crippen molar-refractivity contribution in [2.45, 2.75) is 70.3 Å². The Morgan fingerprint density at radius 1 is 1.25 bits per heavy atom. The van der Waals surface area contributed by atoms with Gasteiger partial charge in [-0.3, -0.25) is 9.59 Å². The molecule has 2 amide bonds. The summed E-state index contributed by atoms with van der Waals surface area (Å²) in [4.78, 5) is 27.9. The molecule has 3 atom stereocenters. The average Bonchev–Trinajstić information content (AvgIpc) is 3.70. The van der Waals surface area contributed by atoms with Gasteiger partial charge in [-0.05, 0) is 71.5 Å². The number of hydrogen-bond donors (Lipinski definition) is 4. The van der Waals surface area contributed by atoms with Gasteiger partial charge < -0.3 is 35.0 Å². The van der Waals surface area contributed by atoms with Crippen LogP contribution in [0.5, 0.6) is 11.5 Å². The number of aliphatic hydroxyl groups excluding tert-OH is 3. The van der Waals surface area contributed by atoms with Crippen LogP contribution in [-0.4, -0.2) is 77.1 Å². The largest absolute Gasteiger partial charge is 0.493 e. The van der Waals surface area contributed by atoms with E-state index in [1.54, 1.807) is 23.1 Å². The highest BCUT2D eigenvalue weighted by Gasteiger charge is 2.42. The van der Waals surface area contributed by atoms with Crippen LogP contribution >= 0.6 is 22.6 Å². The van der Waals surface area contributed by atoms with E-state index in [2.05, 4.69) is 27.9 Å². The van der Waals surface area contributed by atoms with Crippen LogP contribution in [-0.2, 0) is 16.2 Å². The predicted octanol–water partition coefficient (Wildman–Crippen LogP) is 2.14. The molecule has 3 rings (SSSR count). The molecule has 0 bridgehead atoms. The summed E-state index contributed by atoms with van der Waals surface area (Å²) < 4.78 is 12.4. The van der Waals surface area contributed by atoms with Gasteiger partial charge in [0.1, 0.15) is 12.2 Å². The molecular formula is C26H37IN2O7. The average molecular weight is 616 g/mol. The molecule has 1 aromatic rings. The van der Waals surface area contributed by atoms with Gasteiger partial charge in [-0.1, -0.05) is 13.3 Å². The third-order valence-corrected chi connectivity index (χ3v) is 7.36. The highest BCUT2D eigenvalue weighted by molar-refractivity contribution is 14.1. The Kier molecular flexibility index (Phi) is 10.8. The Bertz CT molecular complexity index is 950. The molecule has 0 aliphatic heterocycles. The summed E-state index contributed by atoms with van der Waals surface area (Å²) in [5.41, 5.74) is 1.05. The molecule has 2 aliphatic carbocycles. The van der Waals surface area contributed by atoms with Crippen LogP contribution in [0.2, 0.25) is 0 Å². The van der Waals surface area contributed by atoms with Gasteiger partial charge in [0.2, 0.25) is 11.8 Å². The molecule has 0 saturated heterocycles. The van der Waals surface area contributed by atoms with Crippen molar-refractivity contribution in [1.82, 2.24) is 10.2 Å². The topological polar surface area (TPSA) is 129 Å². The first-order valence-electron chi connectivity index (χ1n) is 12.5. The number of aliphatic hydroxyl groups is 3. The van der Waals surface area contributed by atoms with Crippen molar-refractivity contribution in [1.29, 1.82) is 0 Å². The van der Waals surface area contributed by atoms with E-state index in [-0.39, 0.29) is 38.0 Å². The van der Waals surface area contributed by atoms with Gasteiger partial charge >= 0.3 is 0 Å². The molecule has 4 N–H and O–H groups in total. The number of halogens is 1. The predicted molar refractivity (Wildman–Crippen MR) is 143 cm³/mol. The van der Waals surface area contributed by atoms with Gasteiger partial charge in [0, 0.05) is 31.5 Å². The Labute approximate surface area is 226 Å². The summed E-state index contributed by atoms with van der Waals surface area (Å²) in [6, 6.07) is 2.80. The molecule has 3 unspecified atom stereocenters. The van der Waals surface area contributed by atoms with Crippen molar-refractivity contribution < 1.29 is 34.4 Å². The number of ether oxygens (including phenoxy) is 2. The number of carbonyl (C=O) groups excluding carboxylic acids is 2. The highest BCUT2D eigenvalue weighted by atomic mass is 127. The standard InChI is InChI=1S/C26H37IN2O7/c1-3-4-5-23(32)29(14-16-6-7-16)20-12-18(26(34)28-8-9-30)13-21(24(20)33)36-25-19(27)10-17(15-31)11-22(25)35-2/h10-11,13,16,20-21,24,30-31,33H,3-9,12,14-15H2,1-2H3,(H,28,34). The molecule has 36 heavy (non-hydrogen) atoms. The van der Waals surface area contributed by atoms with E-state index in [9.17, 15) is 19.8 Å². The van der Waals surface area contributed by atoms with Crippen LogP contribution in [0.1, 0.15) is 51.0 Å². The molecule has 0 heterocycles. The lowest BCUT2D eigenvalue weighted by Crippen LogP contribution is -2.55. The molecule has 0 radical (unpaired) electrons. The third-order valence-electron chi connectivity index (χ3n) is 6.56. The molecular weight excluding hydrogens is 579 g/mol. The van der Waals surface area contributed by atoms with Gasteiger partial charge in [0.05, 0.1) is 29.9 Å². The van der Waals surface area contributed by atoms with Crippen molar-refractivity contribution >= 4 is 34.4 Å². The minimum atomic E-state index is -1.07. The van der Waals surface area contributed by atoms with Gasteiger partial charge in [-0.25, -0.2) is 0 Å². The zero-order valence-corrected chi connectivity index (χ0v) is 23.1. The van der Waals surface area contributed by atoms with E-state index in [0.717, 1.165) is 25.7 Å². The minimum absolute atomic E-state index is 0.0250. The lowest BCUT2D eigenvalue weighted by atomic mass is 9.87. The van der Waals surface area contributed by atoms with Gasteiger partial charge in [0.25, 0.3) is 0 Å². The van der Waals surface area contributed by atoms with E-state index in [0.29, 0.717) is 45.1 Å². The van der Waals surface area contributed by atoms with Crippen molar-refractivity contribution in [3.05, 3.63) is 32.9 Å². The van der Waals surface area contributed by atoms with E-state index in [1.165, 1.54) is 7.11 Å². The fraction of sp³-hybridized carbons (Fsp3) is 0.615. The SMILES string of the molecule is CCCCC(=O)N(CC1CC1)C1CC(C(=O)NCCO)=CC(Oc2c(I)cc(CO)cc2OC)C1O. The summed E-state index contributed by atoms with van der Waals surface area (Å²) >= 11 is 2.08. The number of unbranched alkanes of at least 4 members (excludes halogenated alkanes) is 1. The first kappa shape index (κ1) is 28.7. The number of nitrogens with zero attached hydrogens (tertiary/aromatic N) is 1. The number of nitrogens with one attached hydrogen (secondary N) is 1. The van der Waals surface area contributed by atoms with Gasteiger partial charge in [-0.15, -0.1) is 0 Å². The maximum absolute atomic E-state index is 13.2. The van der Waals surface area contributed by atoms with Crippen molar-refractivity contribution in [3.8, 4) is 11.5 Å². The normalized spacial score (nSPS) is 21.5. The number of carbonyl (C=O) groups is 2. The first-order chi connectivity index (χ1) is 17.3. The van der Waals surface area contributed by atoms with Crippen LogP contribution in [0.3, 0.4) is 0 Å². The molecule has 0 aromatic heterocycles. The first-order valence-corrected chi connectivity index (χ1v) is 13.6. The lowest BCUT2D eigenvalue weighted by Gasteiger charge is -2.41. The fourth-order valence-corrected chi connectivity index (χ4v) is 5.16. The smallest absolute Gasteiger partial charge is 0.247 e. The molecule has 10 heteroatoms. The Hall–Kier alpha value is -1.89. The second kappa shape index (κ2) is 13.6. The van der Waals surface area contributed by atoms with Crippen LogP contribution in [0.4, 0.5) is 0 Å². The monoisotopic (exact) mass is 616 g/mol. The number of amides is 2. The molecule has 200 valence electrons. The van der Waals surface area contributed by atoms with Crippen molar-refractivity contribution in [3.63, 3.8) is 0 Å². The summed E-state index contributed by atoms with van der Waals surface area (Å²) in [5, 5.41) is 32.8. The highest BCUT2D eigenvalue weighted by Crippen LogP contribution is 2.38. The molecule has 0 spiro atoms. The second-order valence-corrected chi connectivity index (χ2v) is 10.5. The van der Waals surface area contributed by atoms with E-state index in [1.807, 2.05) is 6.92 Å². The minimum Gasteiger partial charge on any atom is -0.493 e. The second-order valence-electron chi connectivity index (χ2n) is 9.38. The number of benzene rings is 1. The van der Waals surface area contributed by atoms with Crippen LogP contribution in [0.25, 0.3) is 0 Å². The zero-order valence-electron chi connectivity index (χ0n) is 20.9. The van der Waals surface area contributed by atoms with Crippen LogP contribution in [0.15, 0.2) is 23.8 Å². The Morgan fingerprint density at radius 3 is 2.61 bits per heavy atom. The summed E-state index contributed by atoms with van der Waals surface area (Å²) in [5.74, 6) is 0.806. The van der Waals surface area contributed by atoms with Gasteiger partial charge in [0.15, 0.2) is 11.5 Å². The quantitative estimate of drug-likeness (QED) is 0.250. The van der Waals surface area contributed by atoms with E-state index in [4.69, 9.17) is 14.6 Å². The summed E-state index contributed by atoms with van der Waals surface area (Å²) in [6.07, 6.45) is 3.94. The van der Waals surface area contributed by atoms with Crippen molar-refractivity contribution in [2.24, 2.45) is 5.92 Å². The molecule has 9 nitrogen and oxygen atoms in total. The number of hydrogen-bond acceptors (Lipinski definition) is 7. The lowest BCUT2D eigenvalue weighted by molar-refractivity contribution is -0.139.